The van der Waals surface area contributed by atoms with Crippen LogP contribution in [-0.2, 0) is 22.4 Å². The molecule has 0 aromatic carbocycles. The first-order valence-electron chi connectivity index (χ1n) is 11.6. The standard InChI is InChI=1S/C22H34N4O2S/c27-21(25-9-5-17(6-10-25)16-3-7-23-8-4-16)18-1-2-20-19(15-18)24-22(29-20)26-11-13-28-14-12-26/h16-18,23H,1-15H2. The number of carbonyl (C=O) groups is 1. The zero-order valence-corrected chi connectivity index (χ0v) is 18.2. The van der Waals surface area contributed by atoms with Gasteiger partial charge >= 0.3 is 0 Å². The van der Waals surface area contributed by atoms with Crippen LogP contribution >= 0.6 is 11.3 Å². The van der Waals surface area contributed by atoms with Gasteiger partial charge in [0.25, 0.3) is 0 Å². The molecule has 1 unspecified atom stereocenters. The number of fused-ring (bicyclic) bond motifs is 1. The normalized spacial score (nSPS) is 27.1. The molecule has 0 spiro atoms. The minimum Gasteiger partial charge on any atom is -0.378 e. The van der Waals surface area contributed by atoms with Crippen molar-refractivity contribution in [2.45, 2.75) is 44.9 Å². The minimum atomic E-state index is 0.137. The molecule has 3 fully saturated rings. The first-order chi connectivity index (χ1) is 14.3. The molecule has 3 aliphatic heterocycles. The number of piperidine rings is 2. The molecule has 7 heteroatoms. The van der Waals surface area contributed by atoms with Gasteiger partial charge < -0.3 is 19.9 Å². The molecule has 4 aliphatic rings. The van der Waals surface area contributed by atoms with Gasteiger partial charge in [0.2, 0.25) is 5.91 Å². The van der Waals surface area contributed by atoms with Gasteiger partial charge in [-0.2, -0.15) is 0 Å². The molecule has 1 amide bonds. The second-order valence-corrected chi connectivity index (χ2v) is 10.2. The molecule has 1 aromatic heterocycles. The molecular formula is C22H34N4O2S. The van der Waals surface area contributed by atoms with Crippen molar-refractivity contribution in [2.24, 2.45) is 17.8 Å². The summed E-state index contributed by atoms with van der Waals surface area (Å²) in [7, 11) is 0. The molecule has 6 nitrogen and oxygen atoms in total. The number of carbonyl (C=O) groups excluding carboxylic acids is 1. The van der Waals surface area contributed by atoms with Crippen LogP contribution in [0.1, 0.15) is 42.7 Å². The monoisotopic (exact) mass is 418 g/mol. The number of likely N-dealkylation sites (tertiary alicyclic amines) is 1. The number of anilines is 1. The quantitative estimate of drug-likeness (QED) is 0.816. The predicted octanol–water partition coefficient (Wildman–Crippen LogP) is 2.32. The highest BCUT2D eigenvalue weighted by Crippen LogP contribution is 2.36. The summed E-state index contributed by atoms with van der Waals surface area (Å²) in [4.78, 5) is 24.1. The van der Waals surface area contributed by atoms with Crippen molar-refractivity contribution in [3.8, 4) is 0 Å². The highest BCUT2D eigenvalue weighted by Gasteiger charge is 2.34. The SMILES string of the molecule is O=C(C1CCc2sc(N3CCOCC3)nc2C1)N1CCC(C2CCNCC2)CC1. The number of rotatable bonds is 3. The molecule has 0 bridgehead atoms. The largest absolute Gasteiger partial charge is 0.378 e. The minimum absolute atomic E-state index is 0.137. The molecule has 1 atom stereocenters. The van der Waals surface area contributed by atoms with Gasteiger partial charge in [-0.05, 0) is 63.5 Å². The van der Waals surface area contributed by atoms with E-state index < -0.39 is 0 Å². The van der Waals surface area contributed by atoms with E-state index in [-0.39, 0.29) is 5.92 Å². The lowest BCUT2D eigenvalue weighted by molar-refractivity contribution is -0.137. The molecule has 4 heterocycles. The maximum Gasteiger partial charge on any atom is 0.226 e. The highest BCUT2D eigenvalue weighted by molar-refractivity contribution is 7.15. The Balaban J connectivity index is 1.16. The Kier molecular flexibility index (Phi) is 6.07. The van der Waals surface area contributed by atoms with Crippen LogP contribution in [0.2, 0.25) is 0 Å². The summed E-state index contributed by atoms with van der Waals surface area (Å²) in [5, 5.41) is 4.61. The lowest BCUT2D eigenvalue weighted by Gasteiger charge is -2.39. The molecule has 160 valence electrons. The van der Waals surface area contributed by atoms with Crippen molar-refractivity contribution in [1.82, 2.24) is 15.2 Å². The van der Waals surface area contributed by atoms with E-state index in [1.807, 2.05) is 11.3 Å². The van der Waals surface area contributed by atoms with Gasteiger partial charge in [-0.25, -0.2) is 4.98 Å². The summed E-state index contributed by atoms with van der Waals surface area (Å²) in [6, 6.07) is 0. The number of morpholine rings is 1. The Bertz CT molecular complexity index is 704. The maximum atomic E-state index is 13.2. The third-order valence-corrected chi connectivity index (χ3v) is 8.68. The van der Waals surface area contributed by atoms with Crippen molar-refractivity contribution in [1.29, 1.82) is 0 Å². The van der Waals surface area contributed by atoms with Crippen LogP contribution in [-0.4, -0.2) is 68.3 Å². The third-order valence-electron chi connectivity index (χ3n) is 7.46. The zero-order valence-electron chi connectivity index (χ0n) is 17.4. The number of hydrogen-bond acceptors (Lipinski definition) is 6. The van der Waals surface area contributed by atoms with Crippen LogP contribution in [0.25, 0.3) is 0 Å². The average Bonchev–Trinajstić information content (AvgIpc) is 3.23. The number of aryl methyl sites for hydroxylation is 1. The third kappa shape index (κ3) is 4.32. The molecule has 1 aromatic rings. The molecule has 5 rings (SSSR count). The van der Waals surface area contributed by atoms with Crippen molar-refractivity contribution >= 4 is 22.4 Å². The fourth-order valence-corrected chi connectivity index (χ4v) is 6.79. The molecule has 1 N–H and O–H groups in total. The van der Waals surface area contributed by atoms with Crippen LogP contribution in [0.15, 0.2) is 0 Å². The maximum absolute atomic E-state index is 13.2. The van der Waals surface area contributed by atoms with Crippen LogP contribution in [0.5, 0.6) is 0 Å². The number of aromatic nitrogens is 1. The van der Waals surface area contributed by atoms with E-state index in [1.54, 1.807) is 0 Å². The first kappa shape index (κ1) is 19.8. The van der Waals surface area contributed by atoms with E-state index in [1.165, 1.54) is 49.3 Å². The number of thiazole rings is 1. The second kappa shape index (κ2) is 8.90. The number of amides is 1. The summed E-state index contributed by atoms with van der Waals surface area (Å²) >= 11 is 1.84. The van der Waals surface area contributed by atoms with E-state index in [0.717, 1.165) is 75.6 Å². The molecule has 1 aliphatic carbocycles. The van der Waals surface area contributed by atoms with E-state index in [9.17, 15) is 4.79 Å². The van der Waals surface area contributed by atoms with Crippen LogP contribution in [0.3, 0.4) is 0 Å². The van der Waals surface area contributed by atoms with Gasteiger partial charge in [0.1, 0.15) is 0 Å². The number of nitrogens with zero attached hydrogens (tertiary/aromatic N) is 3. The zero-order chi connectivity index (χ0) is 19.6. The highest BCUT2D eigenvalue weighted by atomic mass is 32.1. The Morgan fingerprint density at radius 1 is 1.00 bits per heavy atom. The number of nitrogens with one attached hydrogen (secondary N) is 1. The van der Waals surface area contributed by atoms with Crippen LogP contribution < -0.4 is 10.2 Å². The summed E-state index contributed by atoms with van der Waals surface area (Å²) in [6.45, 7) is 7.72. The summed E-state index contributed by atoms with van der Waals surface area (Å²) in [5.74, 6) is 2.23. The van der Waals surface area contributed by atoms with E-state index >= 15 is 0 Å². The van der Waals surface area contributed by atoms with Crippen molar-refractivity contribution < 1.29 is 9.53 Å². The molecular weight excluding hydrogens is 384 g/mol. The summed E-state index contributed by atoms with van der Waals surface area (Å²) < 4.78 is 5.47. The second-order valence-electron chi connectivity index (χ2n) is 9.16. The lowest BCUT2D eigenvalue weighted by atomic mass is 9.79. The smallest absolute Gasteiger partial charge is 0.226 e. The van der Waals surface area contributed by atoms with Crippen molar-refractivity contribution in [3.63, 3.8) is 0 Å². The van der Waals surface area contributed by atoms with E-state index in [4.69, 9.17) is 9.72 Å². The topological polar surface area (TPSA) is 57.7 Å². The lowest BCUT2D eigenvalue weighted by Crippen LogP contribution is -2.45. The fourth-order valence-electron chi connectivity index (χ4n) is 5.63. The van der Waals surface area contributed by atoms with E-state index in [0.29, 0.717) is 5.91 Å². The molecule has 0 radical (unpaired) electrons. The Labute approximate surface area is 178 Å². The molecule has 29 heavy (non-hydrogen) atoms. The number of hydrogen-bond donors (Lipinski definition) is 1. The van der Waals surface area contributed by atoms with Crippen molar-refractivity contribution in [3.05, 3.63) is 10.6 Å². The van der Waals surface area contributed by atoms with Gasteiger partial charge in [0.15, 0.2) is 5.13 Å². The van der Waals surface area contributed by atoms with Gasteiger partial charge in [-0.3, -0.25) is 4.79 Å². The Morgan fingerprint density at radius 2 is 1.72 bits per heavy atom. The van der Waals surface area contributed by atoms with Gasteiger partial charge in [-0.1, -0.05) is 0 Å². The number of ether oxygens (including phenoxy) is 1. The molecule has 3 saturated heterocycles. The van der Waals surface area contributed by atoms with Gasteiger partial charge in [-0.15, -0.1) is 11.3 Å². The van der Waals surface area contributed by atoms with E-state index in [2.05, 4.69) is 15.1 Å². The van der Waals surface area contributed by atoms with Crippen LogP contribution in [0, 0.1) is 17.8 Å². The Hall–Kier alpha value is -1.18. The average molecular weight is 419 g/mol. The molecule has 0 saturated carbocycles. The van der Waals surface area contributed by atoms with Gasteiger partial charge in [0.05, 0.1) is 18.9 Å². The van der Waals surface area contributed by atoms with Crippen LogP contribution in [0.4, 0.5) is 5.13 Å². The van der Waals surface area contributed by atoms with Gasteiger partial charge in [0, 0.05) is 43.4 Å². The summed E-state index contributed by atoms with van der Waals surface area (Å²) in [6.07, 6.45) is 7.88. The fraction of sp³-hybridized carbons (Fsp3) is 0.818. The Morgan fingerprint density at radius 3 is 2.48 bits per heavy atom. The predicted molar refractivity (Wildman–Crippen MR) is 116 cm³/mol. The van der Waals surface area contributed by atoms with Crippen molar-refractivity contribution in [2.75, 3.05) is 57.4 Å². The summed E-state index contributed by atoms with van der Waals surface area (Å²) in [5.41, 5.74) is 1.19. The first-order valence-corrected chi connectivity index (χ1v) is 12.4.